The largest absolute Gasteiger partial charge is 0.406 e. The molecule has 3 N–H and O–H groups in total. The van der Waals surface area contributed by atoms with Crippen LogP contribution in [0.2, 0.25) is 5.02 Å². The Morgan fingerprint density at radius 2 is 2.27 bits per heavy atom. The zero-order chi connectivity index (χ0) is 15.5. The van der Waals surface area contributed by atoms with Crippen LogP contribution in [0.25, 0.3) is 0 Å². The average Bonchev–Trinajstić information content (AvgIpc) is 3.14. The van der Waals surface area contributed by atoms with Crippen molar-refractivity contribution in [2.45, 2.75) is 13.0 Å². The summed E-state index contributed by atoms with van der Waals surface area (Å²) in [6, 6.07) is 7.64. The lowest BCUT2D eigenvalue weighted by molar-refractivity contribution is -0.124. The second kappa shape index (κ2) is 6.23. The number of carbonyl (C=O) groups is 1. The number of amides is 1. The Balaban J connectivity index is 1.56. The summed E-state index contributed by atoms with van der Waals surface area (Å²) in [6.07, 6.45) is 0.781. The number of nitrogen functional groups attached to an aromatic ring is 1. The van der Waals surface area contributed by atoms with Gasteiger partial charge in [0, 0.05) is 13.1 Å². The van der Waals surface area contributed by atoms with E-state index in [2.05, 4.69) is 20.4 Å². The van der Waals surface area contributed by atoms with Crippen molar-refractivity contribution in [3.05, 3.63) is 35.2 Å². The van der Waals surface area contributed by atoms with E-state index in [-0.39, 0.29) is 24.4 Å². The molecule has 3 rings (SSSR count). The number of carbonyl (C=O) groups excluding carboxylic acids is 1. The minimum absolute atomic E-state index is 0.00462. The predicted octanol–water partition coefficient (Wildman–Crippen LogP) is 1.45. The molecule has 1 aliphatic rings. The summed E-state index contributed by atoms with van der Waals surface area (Å²) < 4.78 is 5.02. The van der Waals surface area contributed by atoms with Gasteiger partial charge in [0.25, 0.3) is 0 Å². The van der Waals surface area contributed by atoms with E-state index in [9.17, 15) is 4.79 Å². The van der Waals surface area contributed by atoms with Gasteiger partial charge in [0.1, 0.15) is 0 Å². The van der Waals surface area contributed by atoms with Crippen LogP contribution in [0.15, 0.2) is 28.7 Å². The van der Waals surface area contributed by atoms with Gasteiger partial charge in [-0.1, -0.05) is 28.8 Å². The lowest BCUT2D eigenvalue weighted by Gasteiger charge is -2.19. The summed E-state index contributed by atoms with van der Waals surface area (Å²) in [4.78, 5) is 14.3. The monoisotopic (exact) mass is 321 g/mol. The number of para-hydroxylation sites is 1. The highest BCUT2D eigenvalue weighted by molar-refractivity contribution is 6.33. The number of halogens is 1. The number of anilines is 2. The van der Waals surface area contributed by atoms with Crippen molar-refractivity contribution < 1.29 is 9.21 Å². The van der Waals surface area contributed by atoms with Gasteiger partial charge in [-0.05, 0) is 18.6 Å². The van der Waals surface area contributed by atoms with Crippen LogP contribution in [0.1, 0.15) is 12.3 Å². The van der Waals surface area contributed by atoms with E-state index in [0.717, 1.165) is 18.7 Å². The number of benzene rings is 1. The molecular weight excluding hydrogens is 306 g/mol. The molecule has 2 aromatic rings. The summed E-state index contributed by atoms with van der Waals surface area (Å²) in [5, 5.41) is 10.7. The Bertz CT molecular complexity index is 675. The molecule has 2 heterocycles. The van der Waals surface area contributed by atoms with Gasteiger partial charge in [0.2, 0.25) is 11.8 Å². The fourth-order valence-electron chi connectivity index (χ4n) is 2.55. The Kier molecular flexibility index (Phi) is 4.15. The van der Waals surface area contributed by atoms with Gasteiger partial charge in [0.15, 0.2) is 0 Å². The van der Waals surface area contributed by atoms with E-state index in [0.29, 0.717) is 17.5 Å². The van der Waals surface area contributed by atoms with Crippen LogP contribution in [-0.4, -0.2) is 29.2 Å². The van der Waals surface area contributed by atoms with Crippen LogP contribution < -0.4 is 16.0 Å². The molecular formula is C14H16ClN5O2. The maximum atomic E-state index is 12.2. The quantitative estimate of drug-likeness (QED) is 0.884. The van der Waals surface area contributed by atoms with Gasteiger partial charge in [-0.2, -0.15) is 0 Å². The highest BCUT2D eigenvalue weighted by Crippen LogP contribution is 2.30. The van der Waals surface area contributed by atoms with E-state index in [1.165, 1.54) is 0 Å². The lowest BCUT2D eigenvalue weighted by atomic mass is 10.1. The fourth-order valence-corrected chi connectivity index (χ4v) is 2.80. The third kappa shape index (κ3) is 3.14. The Hall–Kier alpha value is -2.28. The molecule has 0 saturated carbocycles. The standard InChI is InChI=1S/C14H16ClN5O2/c15-10-3-1-2-4-11(10)20-6-5-9(8-20)13(21)17-7-12-18-19-14(16)22-12/h1-4,9H,5-8H2,(H2,16,19)(H,17,21). The highest BCUT2D eigenvalue weighted by Gasteiger charge is 2.29. The van der Waals surface area contributed by atoms with Gasteiger partial charge in [-0.3, -0.25) is 4.79 Å². The summed E-state index contributed by atoms with van der Waals surface area (Å²) >= 11 is 6.19. The average molecular weight is 322 g/mol. The molecule has 1 saturated heterocycles. The third-order valence-corrected chi connectivity index (χ3v) is 3.97. The van der Waals surface area contributed by atoms with Gasteiger partial charge < -0.3 is 20.4 Å². The van der Waals surface area contributed by atoms with Crippen molar-refractivity contribution in [2.75, 3.05) is 23.7 Å². The minimum Gasteiger partial charge on any atom is -0.406 e. The number of nitrogens with one attached hydrogen (secondary N) is 1. The molecule has 7 nitrogen and oxygen atoms in total. The molecule has 1 aromatic carbocycles. The number of hydrogen-bond donors (Lipinski definition) is 2. The third-order valence-electron chi connectivity index (χ3n) is 3.65. The Morgan fingerprint density at radius 1 is 1.45 bits per heavy atom. The van der Waals surface area contributed by atoms with Crippen LogP contribution in [0.4, 0.5) is 11.7 Å². The van der Waals surface area contributed by atoms with E-state index >= 15 is 0 Å². The normalized spacial score (nSPS) is 17.7. The Labute approximate surface area is 132 Å². The smallest absolute Gasteiger partial charge is 0.312 e. The highest BCUT2D eigenvalue weighted by atomic mass is 35.5. The van der Waals surface area contributed by atoms with Crippen molar-refractivity contribution in [1.29, 1.82) is 0 Å². The molecule has 1 aromatic heterocycles. The second-order valence-corrected chi connectivity index (χ2v) is 5.54. The first-order valence-electron chi connectivity index (χ1n) is 6.98. The van der Waals surface area contributed by atoms with Gasteiger partial charge in [0.05, 0.1) is 23.2 Å². The summed E-state index contributed by atoms with van der Waals surface area (Å²) in [7, 11) is 0. The van der Waals surface area contributed by atoms with Gasteiger partial charge in [-0.15, -0.1) is 5.10 Å². The number of nitrogens with zero attached hydrogens (tertiary/aromatic N) is 3. The lowest BCUT2D eigenvalue weighted by Crippen LogP contribution is -2.32. The first-order chi connectivity index (χ1) is 10.6. The van der Waals surface area contributed by atoms with Gasteiger partial charge >= 0.3 is 6.01 Å². The van der Waals surface area contributed by atoms with Crippen molar-refractivity contribution in [2.24, 2.45) is 5.92 Å². The maximum absolute atomic E-state index is 12.2. The van der Waals surface area contributed by atoms with E-state index in [1.807, 2.05) is 24.3 Å². The van der Waals surface area contributed by atoms with Crippen LogP contribution >= 0.6 is 11.6 Å². The minimum atomic E-state index is -0.0865. The number of aromatic nitrogens is 2. The molecule has 1 aliphatic heterocycles. The molecule has 1 amide bonds. The van der Waals surface area contributed by atoms with Gasteiger partial charge in [-0.25, -0.2) is 0 Å². The molecule has 116 valence electrons. The zero-order valence-electron chi connectivity index (χ0n) is 11.8. The number of nitrogens with two attached hydrogens (primary N) is 1. The maximum Gasteiger partial charge on any atom is 0.312 e. The van der Waals surface area contributed by atoms with Crippen molar-refractivity contribution in [3.8, 4) is 0 Å². The first-order valence-corrected chi connectivity index (χ1v) is 7.36. The van der Waals surface area contributed by atoms with E-state index < -0.39 is 0 Å². The molecule has 0 bridgehead atoms. The van der Waals surface area contributed by atoms with Crippen LogP contribution in [0.5, 0.6) is 0 Å². The molecule has 1 fully saturated rings. The SMILES string of the molecule is Nc1nnc(CNC(=O)C2CCN(c3ccccc3Cl)C2)o1. The predicted molar refractivity (Wildman–Crippen MR) is 82.3 cm³/mol. The molecule has 0 spiro atoms. The molecule has 0 radical (unpaired) electrons. The van der Waals surface area contributed by atoms with Crippen molar-refractivity contribution in [3.63, 3.8) is 0 Å². The first kappa shape index (κ1) is 14.6. The summed E-state index contributed by atoms with van der Waals surface area (Å²) in [5.41, 5.74) is 6.29. The topological polar surface area (TPSA) is 97.3 Å². The molecule has 8 heteroatoms. The fraction of sp³-hybridized carbons (Fsp3) is 0.357. The van der Waals surface area contributed by atoms with Crippen LogP contribution in [0, 0.1) is 5.92 Å². The number of rotatable bonds is 4. The van der Waals surface area contributed by atoms with E-state index in [1.54, 1.807) is 0 Å². The van der Waals surface area contributed by atoms with Crippen molar-refractivity contribution in [1.82, 2.24) is 15.5 Å². The molecule has 0 aliphatic carbocycles. The summed E-state index contributed by atoms with van der Waals surface area (Å²) in [5.74, 6) is 0.176. The Morgan fingerprint density at radius 3 is 3.00 bits per heavy atom. The molecule has 22 heavy (non-hydrogen) atoms. The van der Waals surface area contributed by atoms with Crippen LogP contribution in [0.3, 0.4) is 0 Å². The zero-order valence-corrected chi connectivity index (χ0v) is 12.6. The number of hydrogen-bond acceptors (Lipinski definition) is 6. The molecule has 1 unspecified atom stereocenters. The van der Waals surface area contributed by atoms with Crippen molar-refractivity contribution >= 4 is 29.2 Å². The summed E-state index contributed by atoms with van der Waals surface area (Å²) in [6.45, 7) is 1.63. The van der Waals surface area contributed by atoms with Crippen LogP contribution in [-0.2, 0) is 11.3 Å². The molecule has 1 atom stereocenters. The van der Waals surface area contributed by atoms with E-state index in [4.69, 9.17) is 21.8 Å². The second-order valence-electron chi connectivity index (χ2n) is 5.13.